The van der Waals surface area contributed by atoms with Crippen molar-refractivity contribution in [3.63, 3.8) is 0 Å². The number of carbonyl (C=O) groups is 1. The van der Waals surface area contributed by atoms with Gasteiger partial charge in [0.25, 0.3) is 10.0 Å². The molecule has 1 heterocycles. The summed E-state index contributed by atoms with van der Waals surface area (Å²) >= 11 is 0. The monoisotopic (exact) mass is 562 g/mol. The van der Waals surface area contributed by atoms with Gasteiger partial charge < -0.3 is 20.5 Å². The SMILES string of the molecule is COc1cc(Nc2nc3ccccc3nc2NS(=O)(=O)c2cccc(N(C(N)=O)C3CCCC3)c2)cc(OC)c1. The van der Waals surface area contributed by atoms with Crippen molar-refractivity contribution in [1.29, 1.82) is 0 Å². The summed E-state index contributed by atoms with van der Waals surface area (Å²) in [7, 11) is -1.08. The second-order valence-electron chi connectivity index (χ2n) is 9.39. The van der Waals surface area contributed by atoms with Crippen LogP contribution in [0.25, 0.3) is 11.0 Å². The number of hydrogen-bond donors (Lipinski definition) is 3. The molecule has 40 heavy (non-hydrogen) atoms. The fourth-order valence-electron chi connectivity index (χ4n) is 4.84. The van der Waals surface area contributed by atoms with Gasteiger partial charge in [0.1, 0.15) is 11.5 Å². The third-order valence-electron chi connectivity index (χ3n) is 6.75. The van der Waals surface area contributed by atoms with E-state index >= 15 is 0 Å². The van der Waals surface area contributed by atoms with E-state index in [2.05, 4.69) is 20.0 Å². The van der Waals surface area contributed by atoms with Crippen molar-refractivity contribution >= 4 is 50.1 Å². The van der Waals surface area contributed by atoms with Crippen molar-refractivity contribution in [3.05, 3.63) is 66.7 Å². The normalized spacial score (nSPS) is 13.7. The fraction of sp³-hybridized carbons (Fsp3) is 0.250. The molecule has 0 atom stereocenters. The average molecular weight is 563 g/mol. The van der Waals surface area contributed by atoms with Gasteiger partial charge in [-0.2, -0.15) is 0 Å². The van der Waals surface area contributed by atoms with Crippen molar-refractivity contribution in [2.75, 3.05) is 29.2 Å². The van der Waals surface area contributed by atoms with Gasteiger partial charge in [0, 0.05) is 35.6 Å². The summed E-state index contributed by atoms with van der Waals surface area (Å²) in [4.78, 5) is 22.9. The summed E-state index contributed by atoms with van der Waals surface area (Å²) in [6.07, 6.45) is 3.61. The van der Waals surface area contributed by atoms with Crippen molar-refractivity contribution in [2.24, 2.45) is 5.73 Å². The zero-order valence-corrected chi connectivity index (χ0v) is 22.9. The van der Waals surface area contributed by atoms with Crippen LogP contribution in [-0.4, -0.2) is 44.7 Å². The molecule has 1 aliphatic carbocycles. The number of urea groups is 1. The van der Waals surface area contributed by atoms with Gasteiger partial charge in [-0.15, -0.1) is 0 Å². The number of amides is 2. The van der Waals surface area contributed by atoms with Crippen molar-refractivity contribution in [2.45, 2.75) is 36.6 Å². The van der Waals surface area contributed by atoms with Gasteiger partial charge in [0.2, 0.25) is 0 Å². The highest BCUT2D eigenvalue weighted by molar-refractivity contribution is 7.92. The molecule has 3 aromatic carbocycles. The summed E-state index contributed by atoms with van der Waals surface area (Å²) in [5, 5.41) is 3.14. The van der Waals surface area contributed by atoms with Crippen LogP contribution in [0.2, 0.25) is 0 Å². The Labute approximate surface area is 232 Å². The maximum atomic E-state index is 13.6. The van der Waals surface area contributed by atoms with Gasteiger partial charge in [0.05, 0.1) is 30.1 Å². The lowest BCUT2D eigenvalue weighted by atomic mass is 10.2. The smallest absolute Gasteiger partial charge is 0.319 e. The lowest BCUT2D eigenvalue weighted by Crippen LogP contribution is -2.42. The lowest BCUT2D eigenvalue weighted by Gasteiger charge is -2.27. The molecule has 0 aliphatic heterocycles. The van der Waals surface area contributed by atoms with E-state index in [1.54, 1.807) is 48.5 Å². The summed E-state index contributed by atoms with van der Waals surface area (Å²) in [5.41, 5.74) is 7.75. The number of sulfonamides is 1. The third-order valence-corrected chi connectivity index (χ3v) is 8.09. The van der Waals surface area contributed by atoms with Crippen LogP contribution in [0, 0.1) is 0 Å². The van der Waals surface area contributed by atoms with Gasteiger partial charge in [-0.3, -0.25) is 9.62 Å². The van der Waals surface area contributed by atoms with Crippen LogP contribution in [0.4, 0.5) is 27.8 Å². The topological polar surface area (TPSA) is 149 Å². The number of nitrogens with zero attached hydrogens (tertiary/aromatic N) is 3. The molecule has 1 aromatic heterocycles. The zero-order chi connectivity index (χ0) is 28.3. The van der Waals surface area contributed by atoms with E-state index in [0.717, 1.165) is 25.7 Å². The van der Waals surface area contributed by atoms with E-state index in [-0.39, 0.29) is 22.6 Å². The number of carbonyl (C=O) groups excluding carboxylic acids is 1. The maximum absolute atomic E-state index is 13.6. The first-order chi connectivity index (χ1) is 19.3. The number of methoxy groups -OCH3 is 2. The number of para-hydroxylation sites is 2. The Morgan fingerprint density at radius 2 is 1.52 bits per heavy atom. The van der Waals surface area contributed by atoms with E-state index in [1.807, 2.05) is 6.07 Å². The summed E-state index contributed by atoms with van der Waals surface area (Å²) < 4.78 is 40.5. The first-order valence-corrected chi connectivity index (χ1v) is 14.2. The Balaban J connectivity index is 1.52. The molecule has 5 rings (SSSR count). The highest BCUT2D eigenvalue weighted by Crippen LogP contribution is 2.33. The van der Waals surface area contributed by atoms with E-state index in [1.165, 1.54) is 31.3 Å². The molecule has 0 unspecified atom stereocenters. The number of hydrogen-bond acceptors (Lipinski definition) is 8. The van der Waals surface area contributed by atoms with E-state index in [9.17, 15) is 13.2 Å². The Hall–Kier alpha value is -4.58. The lowest BCUT2D eigenvalue weighted by molar-refractivity contribution is 0.251. The Kier molecular flexibility index (Phi) is 7.60. The first kappa shape index (κ1) is 27.0. The number of nitrogens with two attached hydrogens (primary N) is 1. The molecular weight excluding hydrogens is 532 g/mol. The zero-order valence-electron chi connectivity index (χ0n) is 22.1. The summed E-state index contributed by atoms with van der Waals surface area (Å²) in [5.74, 6) is 1.25. The van der Waals surface area contributed by atoms with E-state index in [0.29, 0.717) is 33.9 Å². The minimum Gasteiger partial charge on any atom is -0.497 e. The summed E-state index contributed by atoms with van der Waals surface area (Å²) in [6.45, 7) is 0. The first-order valence-electron chi connectivity index (χ1n) is 12.8. The van der Waals surface area contributed by atoms with E-state index < -0.39 is 16.1 Å². The number of nitrogens with one attached hydrogen (secondary N) is 2. The molecule has 11 nitrogen and oxygen atoms in total. The third kappa shape index (κ3) is 5.71. The molecule has 0 saturated heterocycles. The van der Waals surface area contributed by atoms with Crippen molar-refractivity contribution < 1.29 is 22.7 Å². The summed E-state index contributed by atoms with van der Waals surface area (Å²) in [6, 6.07) is 17.8. The fourth-order valence-corrected chi connectivity index (χ4v) is 5.89. The van der Waals surface area contributed by atoms with Crippen LogP contribution in [0.3, 0.4) is 0 Å². The molecule has 4 aromatic rings. The molecule has 4 N–H and O–H groups in total. The van der Waals surface area contributed by atoms with Gasteiger partial charge >= 0.3 is 6.03 Å². The molecule has 12 heteroatoms. The molecule has 1 aliphatic rings. The van der Waals surface area contributed by atoms with Crippen molar-refractivity contribution in [3.8, 4) is 11.5 Å². The number of aromatic nitrogens is 2. The van der Waals surface area contributed by atoms with Gasteiger partial charge in [0.15, 0.2) is 11.6 Å². The molecule has 1 saturated carbocycles. The number of fused-ring (bicyclic) bond motifs is 1. The molecule has 208 valence electrons. The predicted octanol–water partition coefficient (Wildman–Crippen LogP) is 5.02. The number of primary amides is 1. The van der Waals surface area contributed by atoms with E-state index in [4.69, 9.17) is 15.2 Å². The molecule has 1 fully saturated rings. The minimum absolute atomic E-state index is 0.00607. The van der Waals surface area contributed by atoms with Crippen LogP contribution >= 0.6 is 0 Å². The van der Waals surface area contributed by atoms with Gasteiger partial charge in [-0.25, -0.2) is 23.2 Å². The Morgan fingerprint density at radius 1 is 0.900 bits per heavy atom. The maximum Gasteiger partial charge on any atom is 0.319 e. The molecule has 0 bridgehead atoms. The van der Waals surface area contributed by atoms with Crippen LogP contribution in [0.15, 0.2) is 71.6 Å². The highest BCUT2D eigenvalue weighted by atomic mass is 32.2. The molecule has 0 radical (unpaired) electrons. The standard InChI is InChI=1S/C28H30N6O5S/c1-38-21-14-18(15-22(17-21)39-2)30-26-27(32-25-13-6-5-12-24(25)31-26)33-40(36,37)23-11-7-10-20(16-23)34(28(29)35)19-8-3-4-9-19/h5-7,10-17,19H,3-4,8-9H2,1-2H3,(H2,29,35)(H,30,31)(H,32,33). The van der Waals surface area contributed by atoms with Crippen LogP contribution in [0.1, 0.15) is 25.7 Å². The predicted molar refractivity (Wildman–Crippen MR) is 154 cm³/mol. The second kappa shape index (κ2) is 11.3. The molecular formula is C28H30N6O5S. The van der Waals surface area contributed by atoms with Gasteiger partial charge in [-0.05, 0) is 43.2 Å². The Bertz CT molecular complexity index is 1630. The van der Waals surface area contributed by atoms with Crippen LogP contribution in [0.5, 0.6) is 11.5 Å². The highest BCUT2D eigenvalue weighted by Gasteiger charge is 2.28. The minimum atomic E-state index is -4.15. The number of rotatable bonds is 9. The second-order valence-corrected chi connectivity index (χ2v) is 11.1. The van der Waals surface area contributed by atoms with Crippen LogP contribution in [-0.2, 0) is 10.0 Å². The largest absolute Gasteiger partial charge is 0.497 e. The molecule has 0 spiro atoms. The Morgan fingerprint density at radius 3 is 2.12 bits per heavy atom. The van der Waals surface area contributed by atoms with Gasteiger partial charge in [-0.1, -0.05) is 31.0 Å². The number of anilines is 4. The number of benzene rings is 3. The number of ether oxygens (including phenoxy) is 2. The van der Waals surface area contributed by atoms with Crippen molar-refractivity contribution in [1.82, 2.24) is 9.97 Å². The average Bonchev–Trinajstić information content (AvgIpc) is 3.47. The van der Waals surface area contributed by atoms with Crippen LogP contribution < -0.4 is 30.1 Å². The molecule has 2 amide bonds. The quantitative estimate of drug-likeness (QED) is 0.257.